The molecule has 1 fully saturated rings. The van der Waals surface area contributed by atoms with Crippen molar-refractivity contribution in [3.8, 4) is 0 Å². The number of fused-ring (bicyclic) bond motifs is 1. The standard InChI is InChI=1S/C13H19N3O2/c17-13(18)10-3-4-11-7-15-12(16(11)8-10)9-2-1-5-14-6-9/h7,9-10,14H,1-6,8H2,(H,17,18). The molecule has 2 N–H and O–H groups in total. The molecule has 2 aliphatic rings. The van der Waals surface area contributed by atoms with Crippen LogP contribution in [0.25, 0.3) is 0 Å². The van der Waals surface area contributed by atoms with E-state index in [1.54, 1.807) is 0 Å². The molecule has 0 radical (unpaired) electrons. The summed E-state index contributed by atoms with van der Waals surface area (Å²) in [5.74, 6) is 0.604. The molecule has 0 bridgehead atoms. The van der Waals surface area contributed by atoms with Crippen LogP contribution in [0.4, 0.5) is 0 Å². The molecule has 2 atom stereocenters. The van der Waals surface area contributed by atoms with Gasteiger partial charge in [0.25, 0.3) is 0 Å². The molecule has 0 saturated carbocycles. The van der Waals surface area contributed by atoms with Gasteiger partial charge >= 0.3 is 5.97 Å². The molecular formula is C13H19N3O2. The summed E-state index contributed by atoms with van der Waals surface area (Å²) in [5, 5.41) is 12.6. The first kappa shape index (κ1) is 11.7. The van der Waals surface area contributed by atoms with Crippen molar-refractivity contribution in [3.05, 3.63) is 17.7 Å². The third-order valence-corrected chi connectivity index (χ3v) is 4.13. The Balaban J connectivity index is 1.84. The molecule has 18 heavy (non-hydrogen) atoms. The number of hydrogen-bond acceptors (Lipinski definition) is 3. The minimum atomic E-state index is -0.679. The van der Waals surface area contributed by atoms with Gasteiger partial charge in [0, 0.05) is 30.9 Å². The van der Waals surface area contributed by atoms with Gasteiger partial charge in [-0.05, 0) is 32.2 Å². The van der Waals surface area contributed by atoms with Gasteiger partial charge in [-0.2, -0.15) is 0 Å². The molecule has 5 nitrogen and oxygen atoms in total. The lowest BCUT2D eigenvalue weighted by Gasteiger charge is -2.27. The van der Waals surface area contributed by atoms with E-state index in [9.17, 15) is 4.79 Å². The van der Waals surface area contributed by atoms with E-state index in [1.807, 2.05) is 6.20 Å². The lowest BCUT2D eigenvalue weighted by molar-refractivity contribution is -0.142. The van der Waals surface area contributed by atoms with Crippen LogP contribution in [0.3, 0.4) is 0 Å². The van der Waals surface area contributed by atoms with Gasteiger partial charge < -0.3 is 15.0 Å². The third-order valence-electron chi connectivity index (χ3n) is 4.13. The van der Waals surface area contributed by atoms with Crippen LogP contribution < -0.4 is 5.32 Å². The number of imidazole rings is 1. The summed E-state index contributed by atoms with van der Waals surface area (Å²) in [7, 11) is 0. The van der Waals surface area contributed by atoms with E-state index in [0.717, 1.165) is 38.2 Å². The Hall–Kier alpha value is -1.36. The Labute approximate surface area is 106 Å². The maximum Gasteiger partial charge on any atom is 0.308 e. The smallest absolute Gasteiger partial charge is 0.308 e. The van der Waals surface area contributed by atoms with Crippen LogP contribution in [0.2, 0.25) is 0 Å². The van der Waals surface area contributed by atoms with Crippen LogP contribution in [0, 0.1) is 5.92 Å². The lowest BCUT2D eigenvalue weighted by atomic mass is 9.95. The van der Waals surface area contributed by atoms with Crippen molar-refractivity contribution in [1.29, 1.82) is 0 Å². The van der Waals surface area contributed by atoms with Crippen LogP contribution in [0.15, 0.2) is 6.20 Å². The number of rotatable bonds is 2. The molecule has 0 aliphatic carbocycles. The number of hydrogen-bond donors (Lipinski definition) is 2. The first-order chi connectivity index (χ1) is 8.75. The molecule has 2 aliphatic heterocycles. The topological polar surface area (TPSA) is 67.2 Å². The number of aliphatic carboxylic acids is 1. The van der Waals surface area contributed by atoms with Crippen molar-refractivity contribution in [2.45, 2.75) is 38.1 Å². The van der Waals surface area contributed by atoms with Crippen LogP contribution in [-0.4, -0.2) is 33.7 Å². The van der Waals surface area contributed by atoms with E-state index >= 15 is 0 Å². The van der Waals surface area contributed by atoms with Gasteiger partial charge in [0.05, 0.1) is 5.92 Å². The van der Waals surface area contributed by atoms with Crippen molar-refractivity contribution >= 4 is 5.97 Å². The highest BCUT2D eigenvalue weighted by Crippen LogP contribution is 2.28. The highest BCUT2D eigenvalue weighted by molar-refractivity contribution is 5.70. The van der Waals surface area contributed by atoms with E-state index in [2.05, 4.69) is 14.9 Å². The summed E-state index contributed by atoms with van der Waals surface area (Å²) in [4.78, 5) is 15.7. The van der Waals surface area contributed by atoms with E-state index in [4.69, 9.17) is 5.11 Å². The van der Waals surface area contributed by atoms with Crippen LogP contribution in [0.5, 0.6) is 0 Å². The van der Waals surface area contributed by atoms with E-state index < -0.39 is 5.97 Å². The zero-order valence-corrected chi connectivity index (χ0v) is 10.4. The fourth-order valence-electron chi connectivity index (χ4n) is 3.07. The van der Waals surface area contributed by atoms with Crippen LogP contribution in [-0.2, 0) is 17.8 Å². The second-order valence-corrected chi connectivity index (χ2v) is 5.34. The van der Waals surface area contributed by atoms with Gasteiger partial charge in [-0.3, -0.25) is 4.79 Å². The first-order valence-electron chi connectivity index (χ1n) is 6.73. The molecule has 3 rings (SSSR count). The maximum atomic E-state index is 11.1. The summed E-state index contributed by atoms with van der Waals surface area (Å²) in [6.45, 7) is 2.65. The number of nitrogens with one attached hydrogen (secondary N) is 1. The van der Waals surface area contributed by atoms with Gasteiger partial charge in [-0.15, -0.1) is 0 Å². The quantitative estimate of drug-likeness (QED) is 0.820. The predicted octanol–water partition coefficient (Wildman–Crippen LogP) is 0.997. The van der Waals surface area contributed by atoms with Crippen molar-refractivity contribution in [3.63, 3.8) is 0 Å². The maximum absolute atomic E-state index is 11.1. The zero-order chi connectivity index (χ0) is 12.5. The third kappa shape index (κ3) is 2.03. The van der Waals surface area contributed by atoms with Crippen LogP contribution in [0.1, 0.15) is 36.7 Å². The summed E-state index contributed by atoms with van der Waals surface area (Å²) >= 11 is 0. The molecule has 2 unspecified atom stereocenters. The van der Waals surface area contributed by atoms with Crippen molar-refractivity contribution < 1.29 is 9.90 Å². The summed E-state index contributed by atoms with van der Waals surface area (Å²) < 4.78 is 2.15. The second kappa shape index (κ2) is 4.72. The molecule has 3 heterocycles. The average Bonchev–Trinajstić information content (AvgIpc) is 2.82. The predicted molar refractivity (Wildman–Crippen MR) is 66.5 cm³/mol. The Morgan fingerprint density at radius 1 is 1.50 bits per heavy atom. The van der Waals surface area contributed by atoms with E-state index in [0.29, 0.717) is 12.5 Å². The molecular weight excluding hydrogens is 230 g/mol. The zero-order valence-electron chi connectivity index (χ0n) is 10.4. The fourth-order valence-corrected chi connectivity index (χ4v) is 3.07. The SMILES string of the molecule is O=C(O)C1CCc2cnc(C3CCCNC3)n2C1. The molecule has 1 aromatic rings. The van der Waals surface area contributed by atoms with Gasteiger partial charge in [-0.25, -0.2) is 4.98 Å². The summed E-state index contributed by atoms with van der Waals surface area (Å²) in [5.41, 5.74) is 1.20. The van der Waals surface area contributed by atoms with Crippen LogP contribution >= 0.6 is 0 Å². The number of aryl methyl sites for hydroxylation is 1. The van der Waals surface area contributed by atoms with Gasteiger partial charge in [0.1, 0.15) is 5.82 Å². The number of piperidine rings is 1. The number of nitrogens with zero attached hydrogens (tertiary/aromatic N) is 2. The van der Waals surface area contributed by atoms with Crippen molar-refractivity contribution in [1.82, 2.24) is 14.9 Å². The summed E-state index contributed by atoms with van der Waals surface area (Å²) in [6, 6.07) is 0. The molecule has 1 saturated heterocycles. The molecule has 1 aromatic heterocycles. The highest BCUT2D eigenvalue weighted by atomic mass is 16.4. The normalized spacial score (nSPS) is 27.8. The Morgan fingerprint density at radius 2 is 2.39 bits per heavy atom. The summed E-state index contributed by atoms with van der Waals surface area (Å²) in [6.07, 6.45) is 5.84. The fraction of sp³-hybridized carbons (Fsp3) is 0.692. The van der Waals surface area contributed by atoms with E-state index in [-0.39, 0.29) is 5.92 Å². The van der Waals surface area contributed by atoms with Gasteiger partial charge in [0.2, 0.25) is 0 Å². The van der Waals surface area contributed by atoms with Crippen molar-refractivity contribution in [2.24, 2.45) is 5.92 Å². The number of carboxylic acid groups (broad SMARTS) is 1. The largest absolute Gasteiger partial charge is 0.481 e. The minimum Gasteiger partial charge on any atom is -0.481 e. The van der Waals surface area contributed by atoms with Crippen molar-refractivity contribution in [2.75, 3.05) is 13.1 Å². The first-order valence-corrected chi connectivity index (χ1v) is 6.73. The molecule has 0 spiro atoms. The lowest BCUT2D eigenvalue weighted by Crippen LogP contribution is -2.32. The van der Waals surface area contributed by atoms with Gasteiger partial charge in [-0.1, -0.05) is 0 Å². The van der Waals surface area contributed by atoms with Gasteiger partial charge in [0.15, 0.2) is 0 Å². The minimum absolute atomic E-state index is 0.248. The second-order valence-electron chi connectivity index (χ2n) is 5.34. The Kier molecular flexibility index (Phi) is 3.07. The number of carbonyl (C=O) groups is 1. The molecule has 98 valence electrons. The van der Waals surface area contributed by atoms with E-state index in [1.165, 1.54) is 12.1 Å². The Bertz CT molecular complexity index is 449. The number of aromatic nitrogens is 2. The highest BCUT2D eigenvalue weighted by Gasteiger charge is 2.29. The molecule has 0 amide bonds. The Morgan fingerprint density at radius 3 is 3.11 bits per heavy atom. The molecule has 0 aromatic carbocycles. The average molecular weight is 249 g/mol. The number of carboxylic acids is 1. The molecule has 5 heteroatoms. The monoisotopic (exact) mass is 249 g/mol.